The van der Waals surface area contributed by atoms with Crippen LogP contribution in [-0.2, 0) is 35.0 Å². The second-order valence-corrected chi connectivity index (χ2v) is 10.5. The van der Waals surface area contributed by atoms with Gasteiger partial charge in [-0.2, -0.15) is 0 Å². The minimum atomic E-state index is -0.479. The van der Waals surface area contributed by atoms with Crippen LogP contribution in [0.2, 0.25) is 0 Å². The summed E-state index contributed by atoms with van der Waals surface area (Å²) in [6.07, 6.45) is 0. The topological polar surface area (TPSA) is 122 Å². The first-order chi connectivity index (χ1) is 22.6. The Morgan fingerprint density at radius 3 is 1.74 bits per heavy atom. The van der Waals surface area contributed by atoms with Gasteiger partial charge in [-0.3, -0.25) is 9.80 Å². The lowest BCUT2D eigenvalue weighted by atomic mass is 10.0. The van der Waals surface area contributed by atoms with Gasteiger partial charge in [0.25, 0.3) is 0 Å². The van der Waals surface area contributed by atoms with Gasteiger partial charge in [0.1, 0.15) is 11.4 Å². The SMILES string of the molecule is COC(=O)c1cccc(CN2CCOCCOCCN(C(c3ccccc3)c3cccc(C(=O)OC)n3)CCOCCOCC2)n1. The van der Waals surface area contributed by atoms with Crippen LogP contribution in [0.25, 0.3) is 0 Å². The molecule has 0 radical (unpaired) electrons. The molecule has 0 aliphatic carbocycles. The fourth-order valence-electron chi connectivity index (χ4n) is 5.08. The molecule has 248 valence electrons. The lowest BCUT2D eigenvalue weighted by molar-refractivity contribution is 0.00330. The number of hydrogen-bond donors (Lipinski definition) is 0. The summed E-state index contributed by atoms with van der Waals surface area (Å²) in [6, 6.07) is 20.6. The number of pyridine rings is 2. The molecule has 1 aliphatic rings. The van der Waals surface area contributed by atoms with Crippen molar-refractivity contribution in [3.8, 4) is 0 Å². The number of carbonyl (C=O) groups excluding carboxylic acids is 2. The van der Waals surface area contributed by atoms with E-state index in [1.165, 1.54) is 14.2 Å². The highest BCUT2D eigenvalue weighted by Crippen LogP contribution is 2.27. The molecule has 1 atom stereocenters. The predicted octanol–water partition coefficient (Wildman–Crippen LogP) is 3.02. The Hall–Kier alpha value is -3.78. The molecular weight excluding hydrogens is 592 g/mol. The number of nitrogens with zero attached hydrogens (tertiary/aromatic N) is 4. The largest absolute Gasteiger partial charge is 0.464 e. The zero-order chi connectivity index (χ0) is 32.4. The summed E-state index contributed by atoms with van der Waals surface area (Å²) in [6.45, 7) is 6.84. The number of hydrogen-bond acceptors (Lipinski definition) is 12. The van der Waals surface area contributed by atoms with Crippen molar-refractivity contribution >= 4 is 11.9 Å². The third kappa shape index (κ3) is 11.2. The van der Waals surface area contributed by atoms with E-state index in [0.29, 0.717) is 85.6 Å². The molecule has 4 rings (SSSR count). The molecular formula is C34H44N4O8. The first-order valence-corrected chi connectivity index (χ1v) is 15.5. The minimum Gasteiger partial charge on any atom is -0.464 e. The van der Waals surface area contributed by atoms with Crippen LogP contribution in [0, 0.1) is 0 Å². The normalized spacial score (nSPS) is 17.7. The molecule has 46 heavy (non-hydrogen) atoms. The third-order valence-electron chi connectivity index (χ3n) is 7.41. The monoisotopic (exact) mass is 636 g/mol. The van der Waals surface area contributed by atoms with E-state index in [9.17, 15) is 9.59 Å². The van der Waals surface area contributed by atoms with Gasteiger partial charge < -0.3 is 28.4 Å². The van der Waals surface area contributed by atoms with Crippen molar-refractivity contribution in [2.24, 2.45) is 0 Å². The Labute approximate surface area is 270 Å². The molecule has 0 bridgehead atoms. The Morgan fingerprint density at radius 2 is 1.17 bits per heavy atom. The van der Waals surface area contributed by atoms with Crippen LogP contribution in [-0.4, -0.2) is 125 Å². The van der Waals surface area contributed by atoms with Gasteiger partial charge in [0.2, 0.25) is 0 Å². The number of carbonyl (C=O) groups is 2. The molecule has 0 N–H and O–H groups in total. The van der Waals surface area contributed by atoms with Gasteiger partial charge in [-0.15, -0.1) is 0 Å². The van der Waals surface area contributed by atoms with Crippen LogP contribution in [0.3, 0.4) is 0 Å². The quantitative estimate of drug-likeness (QED) is 0.355. The van der Waals surface area contributed by atoms with Crippen molar-refractivity contribution in [3.05, 3.63) is 95.1 Å². The van der Waals surface area contributed by atoms with Crippen LogP contribution < -0.4 is 0 Å². The van der Waals surface area contributed by atoms with Crippen molar-refractivity contribution in [2.45, 2.75) is 12.6 Å². The summed E-state index contributed by atoms with van der Waals surface area (Å²) >= 11 is 0. The van der Waals surface area contributed by atoms with Crippen molar-refractivity contribution in [3.63, 3.8) is 0 Å². The maximum atomic E-state index is 12.3. The predicted molar refractivity (Wildman–Crippen MR) is 170 cm³/mol. The first kappa shape index (κ1) is 35.1. The summed E-state index contributed by atoms with van der Waals surface area (Å²) < 4.78 is 33.5. The minimum absolute atomic E-state index is 0.232. The number of methoxy groups -OCH3 is 2. The molecule has 3 aromatic rings. The number of ether oxygens (including phenoxy) is 6. The van der Waals surface area contributed by atoms with E-state index >= 15 is 0 Å². The summed E-state index contributed by atoms with van der Waals surface area (Å²) in [5.41, 5.74) is 3.08. The van der Waals surface area contributed by atoms with Gasteiger partial charge in [-0.25, -0.2) is 19.6 Å². The molecule has 1 aromatic carbocycles. The van der Waals surface area contributed by atoms with E-state index in [1.807, 2.05) is 36.4 Å². The van der Waals surface area contributed by atoms with Crippen LogP contribution in [0.15, 0.2) is 66.7 Å². The number of esters is 2. The molecule has 0 spiro atoms. The molecule has 3 heterocycles. The summed E-state index contributed by atoms with van der Waals surface area (Å²) in [5, 5.41) is 0. The summed E-state index contributed by atoms with van der Waals surface area (Å²) in [5.74, 6) is -0.941. The molecule has 12 nitrogen and oxygen atoms in total. The highest BCUT2D eigenvalue weighted by Gasteiger charge is 2.25. The highest BCUT2D eigenvalue weighted by molar-refractivity contribution is 5.87. The van der Waals surface area contributed by atoms with E-state index in [2.05, 4.69) is 31.9 Å². The second-order valence-electron chi connectivity index (χ2n) is 10.5. The molecule has 1 aliphatic heterocycles. The van der Waals surface area contributed by atoms with E-state index in [1.54, 1.807) is 18.2 Å². The zero-order valence-electron chi connectivity index (χ0n) is 26.7. The van der Waals surface area contributed by atoms with E-state index in [0.717, 1.165) is 17.0 Å². The lowest BCUT2D eigenvalue weighted by Gasteiger charge is -2.32. The molecule has 2 aromatic heterocycles. The van der Waals surface area contributed by atoms with Crippen LogP contribution in [0.4, 0.5) is 0 Å². The average Bonchev–Trinajstić information content (AvgIpc) is 3.09. The summed E-state index contributed by atoms with van der Waals surface area (Å²) in [4.78, 5) is 37.7. The molecule has 1 fully saturated rings. The Balaban J connectivity index is 1.38. The van der Waals surface area contributed by atoms with E-state index in [4.69, 9.17) is 28.4 Å². The number of benzene rings is 1. The molecule has 0 amide bonds. The van der Waals surface area contributed by atoms with Crippen molar-refractivity contribution < 1.29 is 38.0 Å². The van der Waals surface area contributed by atoms with E-state index in [-0.39, 0.29) is 17.4 Å². The van der Waals surface area contributed by atoms with Crippen LogP contribution >= 0.6 is 0 Å². The maximum Gasteiger partial charge on any atom is 0.356 e. The van der Waals surface area contributed by atoms with Crippen LogP contribution in [0.5, 0.6) is 0 Å². The van der Waals surface area contributed by atoms with Crippen molar-refractivity contribution in [2.75, 3.05) is 93.3 Å². The van der Waals surface area contributed by atoms with E-state index < -0.39 is 11.9 Å². The molecule has 1 unspecified atom stereocenters. The van der Waals surface area contributed by atoms with Gasteiger partial charge in [-0.05, 0) is 29.8 Å². The molecule has 0 saturated carbocycles. The third-order valence-corrected chi connectivity index (χ3v) is 7.41. The van der Waals surface area contributed by atoms with Gasteiger partial charge in [0.05, 0.1) is 84.5 Å². The van der Waals surface area contributed by atoms with Gasteiger partial charge in [-0.1, -0.05) is 42.5 Å². The Kier molecular flexibility index (Phi) is 15.0. The number of aromatic nitrogens is 2. The Bertz CT molecular complexity index is 1330. The standard InChI is InChI=1S/C34H44N4O8/c1-41-33(39)30-12-6-10-28(35-30)26-37-14-18-43-22-24-45-20-16-38(17-21-46-25-23-44-19-15-37)32(27-8-4-3-5-9-27)29-11-7-13-31(36-29)34(40)42-2/h3-13,32H,14-26H2,1-2H3. The van der Waals surface area contributed by atoms with Crippen molar-refractivity contribution in [1.82, 2.24) is 19.8 Å². The van der Waals surface area contributed by atoms with Crippen molar-refractivity contribution in [1.29, 1.82) is 0 Å². The zero-order valence-corrected chi connectivity index (χ0v) is 26.7. The average molecular weight is 637 g/mol. The fourth-order valence-corrected chi connectivity index (χ4v) is 5.08. The van der Waals surface area contributed by atoms with Gasteiger partial charge in [0.15, 0.2) is 0 Å². The molecule has 1 saturated heterocycles. The van der Waals surface area contributed by atoms with Crippen LogP contribution in [0.1, 0.15) is 44.0 Å². The maximum absolute atomic E-state index is 12.3. The second kappa shape index (κ2) is 19.7. The van der Waals surface area contributed by atoms with Gasteiger partial charge in [0, 0.05) is 32.7 Å². The fraction of sp³-hybridized carbons (Fsp3) is 0.471. The highest BCUT2D eigenvalue weighted by atomic mass is 16.5. The van der Waals surface area contributed by atoms with Gasteiger partial charge >= 0.3 is 11.9 Å². The molecule has 12 heteroatoms. The Morgan fingerprint density at radius 1 is 0.652 bits per heavy atom. The lowest BCUT2D eigenvalue weighted by Crippen LogP contribution is -2.36. The summed E-state index contributed by atoms with van der Waals surface area (Å²) in [7, 11) is 2.69. The number of rotatable bonds is 7. The smallest absolute Gasteiger partial charge is 0.356 e. The first-order valence-electron chi connectivity index (χ1n) is 15.5.